The van der Waals surface area contributed by atoms with E-state index in [1.54, 1.807) is 42.5 Å². The first-order valence-electron chi connectivity index (χ1n) is 13.5. The topological polar surface area (TPSA) is 102 Å². The molecule has 7 nitrogen and oxygen atoms in total. The molecule has 0 radical (unpaired) electrons. The summed E-state index contributed by atoms with van der Waals surface area (Å²) in [6.07, 6.45) is 0. The standard InChI is InChI=1S/C34H28ClN3O4S/c1-25-15-21-32(22-16-25)43(41,42)37-33(36-24-26-9-4-2-5-10-26)34(27-11-6-3-7-12-27,29-13-8-14-30(35)23-29)28-17-19-31(20-18-28)38(39)40/h2-23H,24H2,1H3,(H,36,37). The van der Waals surface area contributed by atoms with Gasteiger partial charge in [-0.1, -0.05) is 114 Å². The Balaban J connectivity index is 1.86. The van der Waals surface area contributed by atoms with E-state index >= 15 is 0 Å². The molecule has 0 amide bonds. The molecule has 5 aromatic carbocycles. The average molecular weight is 610 g/mol. The molecular formula is C34H28ClN3O4S. The van der Waals surface area contributed by atoms with E-state index in [1.165, 1.54) is 24.3 Å². The number of sulfonamides is 1. The van der Waals surface area contributed by atoms with Crippen molar-refractivity contribution in [3.05, 3.63) is 176 Å². The smallest absolute Gasteiger partial charge is 0.283 e. The number of nitrogens with zero attached hydrogens (tertiary/aromatic N) is 2. The highest BCUT2D eigenvalue weighted by Crippen LogP contribution is 2.42. The van der Waals surface area contributed by atoms with Crippen molar-refractivity contribution in [2.24, 2.45) is 4.40 Å². The number of rotatable bonds is 9. The first-order chi connectivity index (χ1) is 20.7. The molecular weight excluding hydrogens is 582 g/mol. The number of nitrogens with one attached hydrogen (secondary N) is 1. The van der Waals surface area contributed by atoms with Crippen molar-refractivity contribution >= 4 is 33.1 Å². The normalized spacial score (nSPS) is 13.2. The maximum absolute atomic E-state index is 14.0. The van der Waals surface area contributed by atoms with Crippen LogP contribution in [0.3, 0.4) is 0 Å². The predicted molar refractivity (Wildman–Crippen MR) is 170 cm³/mol. The molecule has 1 unspecified atom stereocenters. The molecule has 5 rings (SSSR count). The van der Waals surface area contributed by atoms with Crippen LogP contribution >= 0.6 is 11.6 Å². The lowest BCUT2D eigenvalue weighted by atomic mass is 9.68. The Kier molecular flexibility index (Phi) is 8.71. The van der Waals surface area contributed by atoms with Crippen molar-refractivity contribution in [2.45, 2.75) is 23.8 Å². The molecule has 9 heteroatoms. The number of hydrogen-bond acceptors (Lipinski definition) is 4. The Hall–Kier alpha value is -4.79. The number of hydrogen-bond donors (Lipinski definition) is 1. The molecule has 0 saturated heterocycles. The number of amidine groups is 1. The number of non-ortho nitro benzene ring substituents is 1. The Morgan fingerprint density at radius 2 is 1.37 bits per heavy atom. The second-order valence-corrected chi connectivity index (χ2v) is 12.0. The van der Waals surface area contributed by atoms with E-state index in [0.717, 1.165) is 11.1 Å². The van der Waals surface area contributed by atoms with E-state index in [2.05, 4.69) is 9.71 Å². The Morgan fingerprint density at radius 1 is 0.791 bits per heavy atom. The maximum atomic E-state index is 14.0. The van der Waals surface area contributed by atoms with Crippen LogP contribution in [0, 0.1) is 17.0 Å². The molecule has 43 heavy (non-hydrogen) atoms. The first kappa shape index (κ1) is 29.7. The summed E-state index contributed by atoms with van der Waals surface area (Å²) >= 11 is 6.55. The molecule has 0 bridgehead atoms. The van der Waals surface area contributed by atoms with Gasteiger partial charge in [-0.05, 0) is 53.4 Å². The molecule has 0 heterocycles. The van der Waals surface area contributed by atoms with Crippen LogP contribution in [0.1, 0.15) is 27.8 Å². The van der Waals surface area contributed by atoms with Crippen molar-refractivity contribution in [3.63, 3.8) is 0 Å². The van der Waals surface area contributed by atoms with Crippen LogP contribution < -0.4 is 5.32 Å². The number of aryl methyl sites for hydroxylation is 1. The van der Waals surface area contributed by atoms with Crippen molar-refractivity contribution in [2.75, 3.05) is 0 Å². The van der Waals surface area contributed by atoms with E-state index in [9.17, 15) is 18.5 Å². The van der Waals surface area contributed by atoms with E-state index in [0.29, 0.717) is 21.7 Å². The van der Waals surface area contributed by atoms with Gasteiger partial charge in [-0.15, -0.1) is 4.40 Å². The highest BCUT2D eigenvalue weighted by Gasteiger charge is 2.43. The van der Waals surface area contributed by atoms with Crippen molar-refractivity contribution < 1.29 is 13.3 Å². The van der Waals surface area contributed by atoms with E-state index in [4.69, 9.17) is 11.6 Å². The molecule has 0 saturated carbocycles. The fraction of sp³-hybridized carbons (Fsp3) is 0.0882. The van der Waals surface area contributed by atoms with Gasteiger partial charge < -0.3 is 5.32 Å². The van der Waals surface area contributed by atoms with Gasteiger partial charge in [0.05, 0.1) is 9.82 Å². The van der Waals surface area contributed by atoms with Gasteiger partial charge in [0.15, 0.2) is 0 Å². The fourth-order valence-electron chi connectivity index (χ4n) is 5.05. The summed E-state index contributed by atoms with van der Waals surface area (Å²) in [7, 11) is -4.24. The molecule has 0 aliphatic heterocycles. The lowest BCUT2D eigenvalue weighted by Gasteiger charge is -2.37. The molecule has 0 aromatic heterocycles. The molecule has 0 aliphatic rings. The van der Waals surface area contributed by atoms with Gasteiger partial charge in [0.2, 0.25) is 0 Å². The quantitative estimate of drug-likeness (QED) is 0.0614. The lowest BCUT2D eigenvalue weighted by Crippen LogP contribution is -2.47. The number of benzene rings is 5. The zero-order valence-corrected chi connectivity index (χ0v) is 24.8. The second-order valence-electron chi connectivity index (χ2n) is 10.00. The minimum Gasteiger partial charge on any atom is -0.367 e. The van der Waals surface area contributed by atoms with E-state index < -0.39 is 20.4 Å². The first-order valence-corrected chi connectivity index (χ1v) is 15.3. The number of nitro groups is 1. The molecule has 0 aliphatic carbocycles. The summed E-state index contributed by atoms with van der Waals surface area (Å²) in [4.78, 5) is 11.1. The zero-order valence-electron chi connectivity index (χ0n) is 23.2. The number of halogens is 1. The SMILES string of the molecule is Cc1ccc(S(=O)(=O)N=C(NCc2ccccc2)C(c2ccccc2)(c2ccc([N+](=O)[O-])cc2)c2cccc(Cl)c2)cc1. The Bertz CT molecular complexity index is 1860. The third-order valence-corrected chi connectivity index (χ3v) is 8.69. The molecule has 216 valence electrons. The van der Waals surface area contributed by atoms with Crippen molar-refractivity contribution in [3.8, 4) is 0 Å². The van der Waals surface area contributed by atoms with Crippen molar-refractivity contribution in [1.82, 2.24) is 5.32 Å². The zero-order chi connectivity index (χ0) is 30.5. The highest BCUT2D eigenvalue weighted by molar-refractivity contribution is 7.90. The van der Waals surface area contributed by atoms with Gasteiger partial charge in [0.25, 0.3) is 15.7 Å². The summed E-state index contributed by atoms with van der Waals surface area (Å²) in [5.74, 6) is 0.110. The summed E-state index contributed by atoms with van der Waals surface area (Å²) in [6, 6.07) is 38.5. The minimum atomic E-state index is -4.24. The van der Waals surface area contributed by atoms with E-state index in [1.807, 2.05) is 73.7 Å². The summed E-state index contributed by atoms with van der Waals surface area (Å²) in [5, 5.41) is 15.4. The maximum Gasteiger partial charge on any atom is 0.283 e. The lowest BCUT2D eigenvalue weighted by molar-refractivity contribution is -0.384. The molecule has 0 fully saturated rings. The van der Waals surface area contributed by atoms with E-state index in [-0.39, 0.29) is 23.0 Å². The van der Waals surface area contributed by atoms with Crippen LogP contribution in [0.4, 0.5) is 5.69 Å². The summed E-state index contributed by atoms with van der Waals surface area (Å²) < 4.78 is 32.5. The van der Waals surface area contributed by atoms with Gasteiger partial charge in [-0.3, -0.25) is 10.1 Å². The molecule has 0 spiro atoms. The monoisotopic (exact) mass is 609 g/mol. The second kappa shape index (κ2) is 12.6. The van der Waals surface area contributed by atoms with Crippen LogP contribution in [0.5, 0.6) is 0 Å². The fourth-order valence-corrected chi connectivity index (χ4v) is 6.27. The van der Waals surface area contributed by atoms with Gasteiger partial charge in [0, 0.05) is 23.7 Å². The summed E-state index contributed by atoms with van der Waals surface area (Å²) in [5.41, 5.74) is 2.22. The summed E-state index contributed by atoms with van der Waals surface area (Å²) in [6.45, 7) is 2.13. The van der Waals surface area contributed by atoms with Crippen LogP contribution in [-0.4, -0.2) is 19.2 Å². The van der Waals surface area contributed by atoms with Crippen LogP contribution in [0.2, 0.25) is 5.02 Å². The predicted octanol–water partition coefficient (Wildman–Crippen LogP) is 7.47. The Labute approximate surface area is 255 Å². The van der Waals surface area contributed by atoms with Crippen LogP contribution in [0.25, 0.3) is 0 Å². The average Bonchev–Trinajstić information content (AvgIpc) is 3.01. The highest BCUT2D eigenvalue weighted by atomic mass is 35.5. The Morgan fingerprint density at radius 3 is 1.98 bits per heavy atom. The minimum absolute atomic E-state index is 0.0360. The largest absolute Gasteiger partial charge is 0.367 e. The third-order valence-electron chi connectivity index (χ3n) is 7.16. The molecule has 1 N–H and O–H groups in total. The van der Waals surface area contributed by atoms with Gasteiger partial charge in [-0.25, -0.2) is 0 Å². The van der Waals surface area contributed by atoms with Gasteiger partial charge in [-0.2, -0.15) is 8.42 Å². The van der Waals surface area contributed by atoms with Gasteiger partial charge >= 0.3 is 0 Å². The van der Waals surface area contributed by atoms with Crippen LogP contribution in [0.15, 0.2) is 143 Å². The number of nitro benzene ring substituents is 1. The third kappa shape index (κ3) is 6.35. The van der Waals surface area contributed by atoms with Gasteiger partial charge in [0.1, 0.15) is 11.3 Å². The molecule has 1 atom stereocenters. The molecule has 5 aromatic rings. The van der Waals surface area contributed by atoms with Crippen molar-refractivity contribution in [1.29, 1.82) is 0 Å². The van der Waals surface area contributed by atoms with Crippen LogP contribution in [-0.2, 0) is 22.0 Å².